The van der Waals surface area contributed by atoms with Crippen LogP contribution in [-0.2, 0) is 11.2 Å². The van der Waals surface area contributed by atoms with E-state index >= 15 is 0 Å². The maximum Gasteiger partial charge on any atom is 0.320 e. The molecule has 0 saturated carbocycles. The molecule has 0 saturated heterocycles. The molecular formula is C14H15N3O4. The predicted octanol–water partition coefficient (Wildman–Crippen LogP) is -0.760. The molecule has 0 bridgehead atoms. The third-order valence-electron chi connectivity index (χ3n) is 3.65. The molecule has 110 valence electrons. The highest BCUT2D eigenvalue weighted by atomic mass is 16.6. The summed E-state index contributed by atoms with van der Waals surface area (Å²) in [5.41, 5.74) is 7.49. The van der Waals surface area contributed by atoms with Crippen molar-refractivity contribution in [2.45, 2.75) is 32.2 Å². The van der Waals surface area contributed by atoms with Crippen LogP contribution < -0.4 is 16.3 Å². The summed E-state index contributed by atoms with van der Waals surface area (Å²) in [6.45, 7) is 1.73. The van der Waals surface area contributed by atoms with Crippen LogP contribution in [0, 0.1) is 29.4 Å². The Bertz CT molecular complexity index is 782. The van der Waals surface area contributed by atoms with Gasteiger partial charge in [-0.05, 0) is 18.9 Å². The van der Waals surface area contributed by atoms with Gasteiger partial charge in [0, 0.05) is 24.1 Å². The summed E-state index contributed by atoms with van der Waals surface area (Å²) >= 11 is 0. The second kappa shape index (κ2) is 5.42. The van der Waals surface area contributed by atoms with Crippen LogP contribution in [0.2, 0.25) is 0 Å². The van der Waals surface area contributed by atoms with Gasteiger partial charge in [-0.15, -0.1) is 6.42 Å². The monoisotopic (exact) mass is 289 g/mol. The molecule has 1 unspecified atom stereocenters. The van der Waals surface area contributed by atoms with E-state index in [1.807, 2.05) is 0 Å². The lowest BCUT2D eigenvalue weighted by Crippen LogP contribution is -2.39. The first-order valence-corrected chi connectivity index (χ1v) is 6.40. The Morgan fingerprint density at radius 2 is 2.29 bits per heavy atom. The molecule has 21 heavy (non-hydrogen) atoms. The fourth-order valence-corrected chi connectivity index (χ4v) is 2.59. The fourth-order valence-electron chi connectivity index (χ4n) is 2.59. The molecule has 0 aliphatic heterocycles. The van der Waals surface area contributed by atoms with Gasteiger partial charge in [-0.1, -0.05) is 5.92 Å². The van der Waals surface area contributed by atoms with E-state index in [9.17, 15) is 14.9 Å². The Balaban J connectivity index is 2.79. The molecule has 0 amide bonds. The van der Waals surface area contributed by atoms with E-state index in [-0.39, 0.29) is 18.5 Å². The number of nitro groups is 1. The number of carboxylic acid groups (broad SMARTS) is 1. The first kappa shape index (κ1) is 14.8. The van der Waals surface area contributed by atoms with Gasteiger partial charge < -0.3 is 15.8 Å². The minimum atomic E-state index is -1.15. The van der Waals surface area contributed by atoms with Gasteiger partial charge in [0.2, 0.25) is 0 Å². The van der Waals surface area contributed by atoms with Crippen molar-refractivity contribution >= 4 is 17.2 Å². The zero-order chi connectivity index (χ0) is 15.7. The van der Waals surface area contributed by atoms with Crippen molar-refractivity contribution in [1.82, 2.24) is 4.98 Å². The van der Waals surface area contributed by atoms with E-state index < -0.39 is 16.9 Å². The van der Waals surface area contributed by atoms with Crippen LogP contribution >= 0.6 is 0 Å². The fraction of sp³-hybridized carbons (Fsp3) is 0.357. The third-order valence-corrected chi connectivity index (χ3v) is 3.65. The summed E-state index contributed by atoms with van der Waals surface area (Å²) < 4.78 is 0. The number of nitrogens with two attached hydrogens (primary N) is 1. The number of aliphatic carboxylic acids is 1. The highest BCUT2D eigenvalue weighted by Gasteiger charge is 2.25. The number of aromatic nitrogens is 1. The largest absolute Gasteiger partial charge is 0.480 e. The Morgan fingerprint density at radius 1 is 1.62 bits per heavy atom. The number of hydrogen-bond donors (Lipinski definition) is 3. The van der Waals surface area contributed by atoms with Gasteiger partial charge >= 0.3 is 5.97 Å². The van der Waals surface area contributed by atoms with E-state index in [0.717, 1.165) is 0 Å². The van der Waals surface area contributed by atoms with E-state index in [4.69, 9.17) is 17.3 Å². The summed E-state index contributed by atoms with van der Waals surface area (Å²) in [6.07, 6.45) is 6.11. The molecule has 4 N–H and O–H groups in total. The topological polar surface area (TPSA) is 122 Å². The maximum atomic E-state index is 11.2. The quantitative estimate of drug-likeness (QED) is 0.382. The number of carboxylic acids is 1. The van der Waals surface area contributed by atoms with Crippen LogP contribution in [0.3, 0.4) is 0 Å². The lowest BCUT2D eigenvalue weighted by atomic mass is 9.97. The Kier molecular flexibility index (Phi) is 3.82. The van der Waals surface area contributed by atoms with Gasteiger partial charge in [-0.2, -0.15) is 0 Å². The smallest absolute Gasteiger partial charge is 0.320 e. The normalized spacial score (nSPS) is 15.3. The summed E-state index contributed by atoms with van der Waals surface area (Å²) in [4.78, 5) is 24.8. The van der Waals surface area contributed by atoms with Crippen molar-refractivity contribution in [1.29, 1.82) is 0 Å². The van der Waals surface area contributed by atoms with E-state index in [1.54, 1.807) is 6.92 Å². The van der Waals surface area contributed by atoms with E-state index in [2.05, 4.69) is 10.9 Å². The number of aromatic amines is 1. The van der Waals surface area contributed by atoms with Crippen LogP contribution in [0.15, 0.2) is 0 Å². The van der Waals surface area contributed by atoms with Crippen LogP contribution in [0.1, 0.15) is 24.1 Å². The Morgan fingerprint density at radius 3 is 2.81 bits per heavy atom. The average molecular weight is 289 g/mol. The van der Waals surface area contributed by atoms with Crippen LogP contribution in [0.4, 0.5) is 0 Å². The van der Waals surface area contributed by atoms with E-state index in [1.165, 1.54) is 0 Å². The molecule has 7 heteroatoms. The summed E-state index contributed by atoms with van der Waals surface area (Å²) in [5.74, 6) is 1.39. The molecule has 1 heterocycles. The summed E-state index contributed by atoms with van der Waals surface area (Å²) in [5, 5.41) is 21.1. The number of hydrogen-bond acceptors (Lipinski definition) is 4. The molecule has 1 aliphatic rings. The number of H-pyrrole nitrogens is 1. The van der Waals surface area contributed by atoms with Gasteiger partial charge in [-0.3, -0.25) is 14.9 Å². The first-order chi connectivity index (χ1) is 9.86. The van der Waals surface area contributed by atoms with Gasteiger partial charge in [0.05, 0.1) is 15.5 Å². The molecule has 1 atom stereocenters. The molecule has 0 radical (unpaired) electrons. The minimum absolute atomic E-state index is 0.0161. The number of carbonyl (C=O) groups is 1. The van der Waals surface area contributed by atoms with Gasteiger partial charge in [0.25, 0.3) is 5.70 Å². The Hall–Kier alpha value is -2.59. The molecule has 0 spiro atoms. The van der Waals surface area contributed by atoms with Gasteiger partial charge in [0.1, 0.15) is 6.04 Å². The second-order valence-corrected chi connectivity index (χ2v) is 4.95. The van der Waals surface area contributed by atoms with Gasteiger partial charge in [-0.25, -0.2) is 0 Å². The minimum Gasteiger partial charge on any atom is -0.480 e. The molecule has 7 nitrogen and oxygen atoms in total. The molecule has 1 aliphatic carbocycles. The third kappa shape index (κ3) is 2.53. The lowest BCUT2D eigenvalue weighted by Gasteiger charge is -2.08. The van der Waals surface area contributed by atoms with Crippen molar-refractivity contribution in [3.63, 3.8) is 0 Å². The zero-order valence-corrected chi connectivity index (χ0v) is 11.5. The lowest BCUT2D eigenvalue weighted by molar-refractivity contribution is -0.382. The van der Waals surface area contributed by atoms with Crippen molar-refractivity contribution in [3.05, 3.63) is 31.9 Å². The number of aryl methyl sites for hydroxylation is 1. The highest BCUT2D eigenvalue weighted by molar-refractivity contribution is 5.74. The summed E-state index contributed by atoms with van der Waals surface area (Å²) in [6, 6.07) is -1.12. The van der Waals surface area contributed by atoms with Crippen LogP contribution in [0.25, 0.3) is 11.3 Å². The molecule has 1 aromatic rings. The SMILES string of the molecule is C#CC1=c2[nH]c(C)c(CC(N)C(=O)O)c2=C([N+](=O)[O-])CC1. The molecule has 0 aromatic carbocycles. The second-order valence-electron chi connectivity index (χ2n) is 4.95. The van der Waals surface area contributed by atoms with Crippen molar-refractivity contribution in [2.24, 2.45) is 5.73 Å². The maximum absolute atomic E-state index is 11.2. The van der Waals surface area contributed by atoms with Crippen molar-refractivity contribution in [2.75, 3.05) is 0 Å². The van der Waals surface area contributed by atoms with Crippen molar-refractivity contribution in [3.8, 4) is 12.3 Å². The number of nitrogens with zero attached hydrogens (tertiary/aromatic N) is 1. The van der Waals surface area contributed by atoms with Crippen molar-refractivity contribution < 1.29 is 14.8 Å². The molecule has 1 aromatic heterocycles. The Labute approximate surface area is 120 Å². The van der Waals surface area contributed by atoms with E-state index in [0.29, 0.717) is 33.8 Å². The molecule has 0 fully saturated rings. The summed E-state index contributed by atoms with van der Waals surface area (Å²) in [7, 11) is 0. The molecule has 2 rings (SSSR count). The predicted molar refractivity (Wildman–Crippen MR) is 76.0 cm³/mol. The first-order valence-electron chi connectivity index (χ1n) is 6.40. The number of fused-ring (bicyclic) bond motifs is 1. The number of rotatable bonds is 4. The average Bonchev–Trinajstić information content (AvgIpc) is 2.74. The van der Waals surface area contributed by atoms with Crippen LogP contribution in [-0.4, -0.2) is 27.0 Å². The zero-order valence-electron chi connectivity index (χ0n) is 11.5. The number of nitrogens with one attached hydrogen (secondary N) is 1. The molecular weight excluding hydrogens is 274 g/mol. The standard InChI is InChI=1S/C14H15N3O4/c1-3-8-4-5-11(17(20)21)12-9(6-10(15)14(18)19)7(2)16-13(8)12/h1,10,16H,4-6,15H2,2H3,(H,18,19). The number of terminal acetylenes is 1. The highest BCUT2D eigenvalue weighted by Crippen LogP contribution is 2.16. The van der Waals surface area contributed by atoms with Gasteiger partial charge in [0.15, 0.2) is 0 Å². The van der Waals surface area contributed by atoms with Crippen LogP contribution in [0.5, 0.6) is 0 Å².